The number of aromatic nitrogens is 4. The number of aryl methyl sites for hydroxylation is 2. The first-order valence-corrected chi connectivity index (χ1v) is 8.05. The number of methoxy groups -OCH3 is 1. The lowest BCUT2D eigenvalue weighted by Crippen LogP contribution is -2.25. The Kier molecular flexibility index (Phi) is 4.96. The lowest BCUT2D eigenvalue weighted by molar-refractivity contribution is 0.0922. The van der Waals surface area contributed by atoms with Crippen molar-refractivity contribution < 1.29 is 14.3 Å². The van der Waals surface area contributed by atoms with E-state index in [1.807, 2.05) is 18.5 Å². The van der Waals surface area contributed by atoms with Crippen molar-refractivity contribution in [2.45, 2.75) is 40.0 Å². The fourth-order valence-electron chi connectivity index (χ4n) is 2.94. The molecule has 2 N–H and O–H groups in total. The van der Waals surface area contributed by atoms with Crippen molar-refractivity contribution in [1.29, 1.82) is 0 Å². The zero-order valence-corrected chi connectivity index (χ0v) is 14.3. The largest absolute Gasteiger partial charge is 0.383 e. The fourth-order valence-corrected chi connectivity index (χ4v) is 2.94. The molecule has 0 atom stereocenters. The predicted molar refractivity (Wildman–Crippen MR) is 86.7 cm³/mol. The summed E-state index contributed by atoms with van der Waals surface area (Å²) in [5, 5.41) is 14.5. The van der Waals surface area contributed by atoms with Crippen LogP contribution < -0.4 is 5.32 Å². The summed E-state index contributed by atoms with van der Waals surface area (Å²) in [6, 6.07) is 0. The van der Waals surface area contributed by atoms with Gasteiger partial charge in [-0.1, -0.05) is 0 Å². The van der Waals surface area contributed by atoms with Gasteiger partial charge in [-0.15, -0.1) is 0 Å². The van der Waals surface area contributed by atoms with Crippen molar-refractivity contribution in [1.82, 2.24) is 25.3 Å². The van der Waals surface area contributed by atoms with Gasteiger partial charge in [0.2, 0.25) is 0 Å². The third-order valence-corrected chi connectivity index (χ3v) is 4.32. The van der Waals surface area contributed by atoms with Gasteiger partial charge in [-0.25, -0.2) is 0 Å². The van der Waals surface area contributed by atoms with E-state index >= 15 is 0 Å². The van der Waals surface area contributed by atoms with E-state index in [4.69, 9.17) is 9.47 Å². The minimum Gasteiger partial charge on any atom is -0.383 e. The molecule has 0 spiro atoms. The molecule has 0 saturated heterocycles. The van der Waals surface area contributed by atoms with Crippen molar-refractivity contribution >= 4 is 5.91 Å². The van der Waals surface area contributed by atoms with Crippen LogP contribution in [0.15, 0.2) is 0 Å². The molecule has 8 heteroatoms. The summed E-state index contributed by atoms with van der Waals surface area (Å²) in [4.78, 5) is 12.6. The van der Waals surface area contributed by atoms with Gasteiger partial charge < -0.3 is 14.8 Å². The summed E-state index contributed by atoms with van der Waals surface area (Å²) < 4.78 is 12.5. The first-order valence-electron chi connectivity index (χ1n) is 8.05. The standard InChI is InChI=1S/C16H23N5O3/c1-10-12(11(2)19-18-10)8-17-16(22)15-13-9-24-6-4-14(13)21(20-15)5-7-23-3/h4-9H2,1-3H3,(H,17,22)(H,18,19). The van der Waals surface area contributed by atoms with E-state index in [0.29, 0.717) is 38.6 Å². The maximum absolute atomic E-state index is 12.6. The summed E-state index contributed by atoms with van der Waals surface area (Å²) in [6.07, 6.45) is 0.763. The highest BCUT2D eigenvalue weighted by Gasteiger charge is 2.25. The molecule has 130 valence electrons. The number of rotatable bonds is 6. The topological polar surface area (TPSA) is 94.1 Å². The molecular formula is C16H23N5O3. The van der Waals surface area contributed by atoms with Crippen LogP contribution >= 0.6 is 0 Å². The highest BCUT2D eigenvalue weighted by Crippen LogP contribution is 2.21. The molecule has 1 aliphatic rings. The van der Waals surface area contributed by atoms with Crippen molar-refractivity contribution in [3.05, 3.63) is 33.9 Å². The van der Waals surface area contributed by atoms with E-state index < -0.39 is 0 Å². The van der Waals surface area contributed by atoms with Crippen LogP contribution in [0.5, 0.6) is 0 Å². The average molecular weight is 333 g/mol. The van der Waals surface area contributed by atoms with Crippen LogP contribution in [0.25, 0.3) is 0 Å². The van der Waals surface area contributed by atoms with E-state index in [1.165, 1.54) is 0 Å². The van der Waals surface area contributed by atoms with Gasteiger partial charge >= 0.3 is 0 Å². The fraction of sp³-hybridized carbons (Fsp3) is 0.562. The summed E-state index contributed by atoms with van der Waals surface area (Å²) in [7, 11) is 1.66. The molecule has 1 amide bonds. The zero-order valence-electron chi connectivity index (χ0n) is 14.3. The molecular weight excluding hydrogens is 310 g/mol. The molecule has 24 heavy (non-hydrogen) atoms. The molecule has 2 aromatic rings. The molecule has 3 heterocycles. The lowest BCUT2D eigenvalue weighted by atomic mass is 10.1. The Morgan fingerprint density at radius 1 is 1.46 bits per heavy atom. The van der Waals surface area contributed by atoms with Gasteiger partial charge in [-0.05, 0) is 13.8 Å². The van der Waals surface area contributed by atoms with Gasteiger partial charge in [0.25, 0.3) is 5.91 Å². The minimum absolute atomic E-state index is 0.187. The molecule has 0 fully saturated rings. The van der Waals surface area contributed by atoms with Crippen molar-refractivity contribution in [2.75, 3.05) is 20.3 Å². The Labute approximate surface area is 140 Å². The second-order valence-corrected chi connectivity index (χ2v) is 5.89. The zero-order chi connectivity index (χ0) is 17.1. The molecule has 2 aromatic heterocycles. The van der Waals surface area contributed by atoms with Crippen LogP contribution in [0.3, 0.4) is 0 Å². The van der Waals surface area contributed by atoms with Crippen LogP contribution in [0.4, 0.5) is 0 Å². The first kappa shape index (κ1) is 16.7. The van der Waals surface area contributed by atoms with Gasteiger partial charge in [0.15, 0.2) is 5.69 Å². The molecule has 0 saturated carbocycles. The number of amides is 1. The van der Waals surface area contributed by atoms with Crippen molar-refractivity contribution in [3.63, 3.8) is 0 Å². The quantitative estimate of drug-likeness (QED) is 0.818. The second kappa shape index (κ2) is 7.14. The lowest BCUT2D eigenvalue weighted by Gasteiger charge is -2.14. The smallest absolute Gasteiger partial charge is 0.272 e. The molecule has 0 radical (unpaired) electrons. The van der Waals surface area contributed by atoms with Gasteiger partial charge in [0.1, 0.15) is 0 Å². The Bertz CT molecular complexity index is 715. The number of H-pyrrole nitrogens is 1. The third-order valence-electron chi connectivity index (χ3n) is 4.32. The molecule has 0 unspecified atom stereocenters. The molecule has 0 aromatic carbocycles. The van der Waals surface area contributed by atoms with Crippen LogP contribution in [-0.2, 0) is 35.6 Å². The van der Waals surface area contributed by atoms with Crippen LogP contribution in [0.1, 0.15) is 38.7 Å². The van der Waals surface area contributed by atoms with E-state index in [-0.39, 0.29) is 5.91 Å². The maximum atomic E-state index is 12.6. The SMILES string of the molecule is COCCn1nc(C(=O)NCc2c(C)n[nH]c2C)c2c1CCOC2. The maximum Gasteiger partial charge on any atom is 0.272 e. The third kappa shape index (κ3) is 3.20. The van der Waals surface area contributed by atoms with E-state index in [2.05, 4.69) is 20.6 Å². The number of carbonyl (C=O) groups excluding carboxylic acids is 1. The summed E-state index contributed by atoms with van der Waals surface area (Å²) in [6.45, 7) is 6.55. The second-order valence-electron chi connectivity index (χ2n) is 5.89. The Morgan fingerprint density at radius 3 is 3.00 bits per heavy atom. The monoisotopic (exact) mass is 333 g/mol. The summed E-state index contributed by atoms with van der Waals surface area (Å²) in [5.41, 5.74) is 5.26. The number of ether oxygens (including phenoxy) is 2. The summed E-state index contributed by atoms with van der Waals surface area (Å²) in [5.74, 6) is -0.187. The van der Waals surface area contributed by atoms with Crippen LogP contribution in [0.2, 0.25) is 0 Å². The Hall–Kier alpha value is -2.19. The van der Waals surface area contributed by atoms with Crippen molar-refractivity contribution in [2.24, 2.45) is 0 Å². The number of hydrogen-bond donors (Lipinski definition) is 2. The van der Waals surface area contributed by atoms with E-state index in [1.54, 1.807) is 7.11 Å². The molecule has 8 nitrogen and oxygen atoms in total. The van der Waals surface area contributed by atoms with Crippen LogP contribution in [0, 0.1) is 13.8 Å². The van der Waals surface area contributed by atoms with Gasteiger partial charge in [-0.3, -0.25) is 14.6 Å². The normalized spacial score (nSPS) is 13.8. The number of carbonyl (C=O) groups is 1. The van der Waals surface area contributed by atoms with E-state index in [9.17, 15) is 4.79 Å². The molecule has 0 aliphatic carbocycles. The van der Waals surface area contributed by atoms with Gasteiger partial charge in [0, 0.05) is 42.6 Å². The van der Waals surface area contributed by atoms with Gasteiger partial charge in [0.05, 0.1) is 32.1 Å². The Balaban J connectivity index is 1.78. The predicted octanol–water partition coefficient (Wildman–Crippen LogP) is 0.872. The highest BCUT2D eigenvalue weighted by atomic mass is 16.5. The highest BCUT2D eigenvalue weighted by molar-refractivity contribution is 5.94. The van der Waals surface area contributed by atoms with Crippen molar-refractivity contribution in [3.8, 4) is 0 Å². The minimum atomic E-state index is -0.187. The average Bonchev–Trinajstić information content (AvgIpc) is 3.12. The number of aromatic amines is 1. The molecule has 0 bridgehead atoms. The van der Waals surface area contributed by atoms with E-state index in [0.717, 1.165) is 34.6 Å². The number of hydrogen-bond acceptors (Lipinski definition) is 5. The molecule has 3 rings (SSSR count). The van der Waals surface area contributed by atoms with Gasteiger partial charge in [-0.2, -0.15) is 10.2 Å². The summed E-state index contributed by atoms with van der Waals surface area (Å²) >= 11 is 0. The first-order chi connectivity index (χ1) is 11.6. The Morgan fingerprint density at radius 2 is 2.29 bits per heavy atom. The molecule has 1 aliphatic heterocycles. The van der Waals surface area contributed by atoms with Crippen LogP contribution in [-0.4, -0.2) is 46.2 Å². The number of fused-ring (bicyclic) bond motifs is 1. The number of nitrogens with one attached hydrogen (secondary N) is 2. The number of nitrogens with zero attached hydrogens (tertiary/aromatic N) is 3.